The normalized spacial score (nSPS) is 30.4. The maximum Gasteiger partial charge on any atom is 0.0502 e. The molecule has 3 nitrogen and oxygen atoms in total. The fourth-order valence-electron chi connectivity index (χ4n) is 2.89. The Morgan fingerprint density at radius 1 is 1.40 bits per heavy atom. The molecule has 2 aliphatic rings. The van der Waals surface area contributed by atoms with Gasteiger partial charge in [0.15, 0.2) is 0 Å². The summed E-state index contributed by atoms with van der Waals surface area (Å²) in [7, 11) is 1.81. The number of hydrogen-bond donors (Lipinski definition) is 1. The van der Waals surface area contributed by atoms with Crippen LogP contribution in [-0.2, 0) is 4.74 Å². The van der Waals surface area contributed by atoms with Crippen LogP contribution in [0.1, 0.15) is 25.7 Å². The minimum atomic E-state index is 0.657. The van der Waals surface area contributed by atoms with Gasteiger partial charge in [0.1, 0.15) is 0 Å². The Morgan fingerprint density at radius 2 is 2.20 bits per heavy atom. The van der Waals surface area contributed by atoms with E-state index >= 15 is 0 Å². The zero-order valence-electron chi connectivity index (χ0n) is 9.82. The van der Waals surface area contributed by atoms with Crippen molar-refractivity contribution in [3.63, 3.8) is 0 Å². The van der Waals surface area contributed by atoms with Gasteiger partial charge in [0.25, 0.3) is 0 Å². The Hall–Kier alpha value is -0.120. The van der Waals surface area contributed by atoms with Gasteiger partial charge in [0.2, 0.25) is 0 Å². The molecule has 3 heteroatoms. The highest BCUT2D eigenvalue weighted by molar-refractivity contribution is 4.90. The van der Waals surface area contributed by atoms with Crippen LogP contribution in [0.4, 0.5) is 0 Å². The molecule has 88 valence electrons. The van der Waals surface area contributed by atoms with E-state index in [9.17, 15) is 0 Å². The maximum absolute atomic E-state index is 5.89. The molecule has 0 aromatic rings. The summed E-state index contributed by atoms with van der Waals surface area (Å²) >= 11 is 0. The summed E-state index contributed by atoms with van der Waals surface area (Å²) in [5.74, 6) is 1.63. The first kappa shape index (κ1) is 11.4. The lowest BCUT2D eigenvalue weighted by molar-refractivity contribution is 0.0641. The molecule has 0 spiro atoms. The largest absolute Gasteiger partial charge is 0.384 e. The van der Waals surface area contributed by atoms with Crippen LogP contribution >= 0.6 is 0 Å². The molecule has 0 aromatic heterocycles. The molecule has 1 saturated carbocycles. The van der Waals surface area contributed by atoms with Crippen molar-refractivity contribution in [1.82, 2.24) is 4.90 Å². The van der Waals surface area contributed by atoms with Gasteiger partial charge < -0.3 is 10.5 Å². The molecule has 2 N–H and O–H groups in total. The first-order chi connectivity index (χ1) is 7.35. The second kappa shape index (κ2) is 5.28. The number of hydrogen-bond acceptors (Lipinski definition) is 3. The third-order valence-corrected chi connectivity index (χ3v) is 3.83. The lowest BCUT2D eigenvalue weighted by Crippen LogP contribution is -2.48. The van der Waals surface area contributed by atoms with Gasteiger partial charge in [-0.15, -0.1) is 0 Å². The van der Waals surface area contributed by atoms with Gasteiger partial charge in [0.05, 0.1) is 6.61 Å². The molecule has 0 radical (unpaired) electrons. The molecular weight excluding hydrogens is 188 g/mol. The van der Waals surface area contributed by atoms with Crippen molar-refractivity contribution in [2.45, 2.75) is 31.7 Å². The third kappa shape index (κ3) is 2.92. The standard InChI is InChI=1S/C12H24N2O/c1-15-9-10-3-2-6-14(8-10)12(7-13)11-4-5-11/h10-12H,2-9,13H2,1H3. The highest BCUT2D eigenvalue weighted by Crippen LogP contribution is 2.36. The molecule has 1 saturated heterocycles. The highest BCUT2D eigenvalue weighted by Gasteiger charge is 2.36. The minimum Gasteiger partial charge on any atom is -0.384 e. The van der Waals surface area contributed by atoms with E-state index in [1.165, 1.54) is 38.8 Å². The quantitative estimate of drug-likeness (QED) is 0.741. The van der Waals surface area contributed by atoms with Gasteiger partial charge in [-0.3, -0.25) is 4.90 Å². The lowest BCUT2D eigenvalue weighted by atomic mass is 9.96. The van der Waals surface area contributed by atoms with Crippen LogP contribution in [0, 0.1) is 11.8 Å². The molecule has 0 bridgehead atoms. The van der Waals surface area contributed by atoms with Gasteiger partial charge in [-0.2, -0.15) is 0 Å². The molecule has 15 heavy (non-hydrogen) atoms. The number of ether oxygens (including phenoxy) is 1. The van der Waals surface area contributed by atoms with Crippen molar-refractivity contribution >= 4 is 0 Å². The van der Waals surface area contributed by atoms with E-state index in [0.29, 0.717) is 6.04 Å². The monoisotopic (exact) mass is 212 g/mol. The van der Waals surface area contributed by atoms with E-state index in [2.05, 4.69) is 4.90 Å². The number of methoxy groups -OCH3 is 1. The Morgan fingerprint density at radius 3 is 2.80 bits per heavy atom. The van der Waals surface area contributed by atoms with Crippen molar-refractivity contribution < 1.29 is 4.74 Å². The minimum absolute atomic E-state index is 0.657. The predicted octanol–water partition coefficient (Wildman–Crippen LogP) is 1.08. The van der Waals surface area contributed by atoms with E-state index < -0.39 is 0 Å². The van der Waals surface area contributed by atoms with Gasteiger partial charge in [-0.05, 0) is 44.1 Å². The molecule has 0 amide bonds. The third-order valence-electron chi connectivity index (χ3n) is 3.83. The smallest absolute Gasteiger partial charge is 0.0502 e. The zero-order valence-corrected chi connectivity index (χ0v) is 9.82. The maximum atomic E-state index is 5.89. The second-order valence-corrected chi connectivity index (χ2v) is 5.10. The highest BCUT2D eigenvalue weighted by atomic mass is 16.5. The molecule has 2 rings (SSSR count). The van der Waals surface area contributed by atoms with E-state index in [-0.39, 0.29) is 0 Å². The van der Waals surface area contributed by atoms with Crippen molar-refractivity contribution in [1.29, 1.82) is 0 Å². The summed E-state index contributed by atoms with van der Waals surface area (Å²) in [6.45, 7) is 4.20. The Bertz CT molecular complexity index is 192. The van der Waals surface area contributed by atoms with Crippen LogP contribution in [0.3, 0.4) is 0 Å². The van der Waals surface area contributed by atoms with E-state index in [0.717, 1.165) is 25.0 Å². The molecule has 1 heterocycles. The molecule has 1 aliphatic carbocycles. The van der Waals surface area contributed by atoms with Gasteiger partial charge in [0, 0.05) is 26.2 Å². The Balaban J connectivity index is 1.84. The Labute approximate surface area is 93.0 Å². The summed E-state index contributed by atoms with van der Waals surface area (Å²) in [4.78, 5) is 2.62. The van der Waals surface area contributed by atoms with E-state index in [1.807, 2.05) is 0 Å². The first-order valence-electron chi connectivity index (χ1n) is 6.28. The van der Waals surface area contributed by atoms with Gasteiger partial charge >= 0.3 is 0 Å². The molecule has 1 aliphatic heterocycles. The SMILES string of the molecule is COCC1CCCN(C(CN)C2CC2)C1. The van der Waals surface area contributed by atoms with Crippen molar-refractivity contribution in [2.24, 2.45) is 17.6 Å². The van der Waals surface area contributed by atoms with Crippen LogP contribution < -0.4 is 5.73 Å². The summed E-state index contributed by atoms with van der Waals surface area (Å²) in [6.07, 6.45) is 5.43. The van der Waals surface area contributed by atoms with Crippen LogP contribution in [0.5, 0.6) is 0 Å². The average molecular weight is 212 g/mol. The lowest BCUT2D eigenvalue weighted by Gasteiger charge is -2.37. The van der Waals surface area contributed by atoms with E-state index in [4.69, 9.17) is 10.5 Å². The summed E-state index contributed by atoms with van der Waals surface area (Å²) < 4.78 is 5.26. The number of likely N-dealkylation sites (tertiary alicyclic amines) is 1. The fraction of sp³-hybridized carbons (Fsp3) is 1.00. The molecule has 2 atom stereocenters. The number of piperidine rings is 1. The van der Waals surface area contributed by atoms with Crippen molar-refractivity contribution in [3.8, 4) is 0 Å². The van der Waals surface area contributed by atoms with Crippen LogP contribution in [0.15, 0.2) is 0 Å². The predicted molar refractivity (Wildman–Crippen MR) is 61.7 cm³/mol. The number of rotatable bonds is 5. The fourth-order valence-corrected chi connectivity index (χ4v) is 2.89. The molecular formula is C12H24N2O. The average Bonchev–Trinajstić information content (AvgIpc) is 3.04. The van der Waals surface area contributed by atoms with Crippen LogP contribution in [-0.4, -0.2) is 44.3 Å². The van der Waals surface area contributed by atoms with Crippen molar-refractivity contribution in [2.75, 3.05) is 33.4 Å². The Kier molecular flexibility index (Phi) is 4.00. The number of nitrogens with two attached hydrogens (primary N) is 1. The topological polar surface area (TPSA) is 38.5 Å². The molecule has 2 unspecified atom stereocenters. The van der Waals surface area contributed by atoms with Crippen molar-refractivity contribution in [3.05, 3.63) is 0 Å². The second-order valence-electron chi connectivity index (χ2n) is 5.10. The summed E-state index contributed by atoms with van der Waals surface area (Å²) in [5.41, 5.74) is 5.89. The van der Waals surface area contributed by atoms with Gasteiger partial charge in [-0.1, -0.05) is 0 Å². The molecule has 0 aromatic carbocycles. The molecule has 2 fully saturated rings. The number of nitrogens with zero attached hydrogens (tertiary/aromatic N) is 1. The van der Waals surface area contributed by atoms with Crippen LogP contribution in [0.2, 0.25) is 0 Å². The summed E-state index contributed by atoms with van der Waals surface area (Å²) in [5, 5.41) is 0. The summed E-state index contributed by atoms with van der Waals surface area (Å²) in [6, 6.07) is 0.657. The van der Waals surface area contributed by atoms with E-state index in [1.54, 1.807) is 7.11 Å². The zero-order chi connectivity index (χ0) is 10.7. The van der Waals surface area contributed by atoms with Gasteiger partial charge in [-0.25, -0.2) is 0 Å². The first-order valence-corrected chi connectivity index (χ1v) is 6.28. The van der Waals surface area contributed by atoms with Crippen LogP contribution in [0.25, 0.3) is 0 Å².